The number of aromatic nitrogens is 2. The first kappa shape index (κ1) is 17.8. The monoisotopic (exact) mass is 370 g/mol. The Morgan fingerprint density at radius 2 is 1.77 bits per heavy atom. The molecule has 0 aliphatic heterocycles. The number of carbonyl (C=O) groups is 2. The van der Waals surface area contributed by atoms with Gasteiger partial charge in [-0.05, 0) is 31.5 Å². The predicted molar refractivity (Wildman–Crippen MR) is 100 cm³/mol. The molecule has 0 aliphatic rings. The second-order valence-electron chi connectivity index (χ2n) is 5.74. The van der Waals surface area contributed by atoms with Crippen LogP contribution in [0, 0.1) is 6.92 Å². The summed E-state index contributed by atoms with van der Waals surface area (Å²) in [5.41, 5.74) is 4.62. The molecule has 0 aliphatic carbocycles. The molecule has 2 amide bonds. The predicted octanol–water partition coefficient (Wildman–Crippen LogP) is 2.25. The van der Waals surface area contributed by atoms with E-state index < -0.39 is 11.8 Å². The van der Waals surface area contributed by atoms with Gasteiger partial charge in [-0.2, -0.15) is 5.10 Å². The van der Waals surface area contributed by atoms with Crippen molar-refractivity contribution in [2.45, 2.75) is 26.8 Å². The van der Waals surface area contributed by atoms with Crippen LogP contribution in [0.1, 0.15) is 38.4 Å². The van der Waals surface area contributed by atoms with Gasteiger partial charge >= 0.3 is 0 Å². The van der Waals surface area contributed by atoms with Crippen LogP contribution < -0.4 is 16.4 Å². The van der Waals surface area contributed by atoms with Crippen molar-refractivity contribution in [1.29, 1.82) is 0 Å². The summed E-state index contributed by atoms with van der Waals surface area (Å²) < 4.78 is 1.28. The van der Waals surface area contributed by atoms with E-state index in [-0.39, 0.29) is 11.3 Å². The van der Waals surface area contributed by atoms with Crippen molar-refractivity contribution in [2.75, 3.05) is 0 Å². The molecule has 2 aromatic heterocycles. The fourth-order valence-corrected chi connectivity index (χ4v) is 3.32. The Morgan fingerprint density at radius 1 is 1.08 bits per heavy atom. The Balaban J connectivity index is 1.89. The Hall–Kier alpha value is -3.00. The van der Waals surface area contributed by atoms with Crippen LogP contribution in [0.5, 0.6) is 0 Å². The maximum absolute atomic E-state index is 12.6. The van der Waals surface area contributed by atoms with E-state index in [1.807, 2.05) is 19.9 Å². The van der Waals surface area contributed by atoms with Gasteiger partial charge in [0, 0.05) is 16.8 Å². The first-order chi connectivity index (χ1) is 12.5. The highest BCUT2D eigenvalue weighted by atomic mass is 32.1. The van der Waals surface area contributed by atoms with Crippen LogP contribution in [0.25, 0.3) is 10.8 Å². The molecule has 26 heavy (non-hydrogen) atoms. The van der Waals surface area contributed by atoms with E-state index in [4.69, 9.17) is 0 Å². The maximum Gasteiger partial charge on any atom is 0.290 e. The standard InChI is InChI=1S/C18H18N4O3S/c1-3-10-22-18(25)13-7-5-4-6-12(13)15(21-22)17(24)20-19-16(23)14-9-8-11(2)26-14/h4-9H,3,10H2,1-2H3,(H,19,23)(H,20,24). The number of fused-ring (bicyclic) bond motifs is 1. The van der Waals surface area contributed by atoms with Crippen molar-refractivity contribution in [2.24, 2.45) is 0 Å². The number of amides is 2. The molecule has 8 heteroatoms. The summed E-state index contributed by atoms with van der Waals surface area (Å²) in [7, 11) is 0. The summed E-state index contributed by atoms with van der Waals surface area (Å²) >= 11 is 1.33. The Kier molecular flexibility index (Phi) is 5.13. The lowest BCUT2D eigenvalue weighted by molar-refractivity contribution is 0.0846. The zero-order valence-corrected chi connectivity index (χ0v) is 15.2. The summed E-state index contributed by atoms with van der Waals surface area (Å²) in [6.45, 7) is 4.23. The van der Waals surface area contributed by atoms with E-state index in [0.29, 0.717) is 28.6 Å². The van der Waals surface area contributed by atoms with Gasteiger partial charge in [-0.3, -0.25) is 25.2 Å². The smallest absolute Gasteiger partial charge is 0.267 e. The number of carbonyl (C=O) groups excluding carboxylic acids is 2. The third-order valence-corrected chi connectivity index (χ3v) is 4.77. The lowest BCUT2D eigenvalue weighted by atomic mass is 10.1. The molecule has 0 bridgehead atoms. The Labute approximate surface area is 153 Å². The van der Waals surface area contributed by atoms with E-state index >= 15 is 0 Å². The third kappa shape index (κ3) is 3.50. The highest BCUT2D eigenvalue weighted by Gasteiger charge is 2.17. The maximum atomic E-state index is 12.6. The number of nitrogens with one attached hydrogen (secondary N) is 2. The Morgan fingerprint density at radius 3 is 2.42 bits per heavy atom. The van der Waals surface area contributed by atoms with Gasteiger partial charge in [-0.15, -0.1) is 11.3 Å². The van der Waals surface area contributed by atoms with Crippen molar-refractivity contribution in [1.82, 2.24) is 20.6 Å². The van der Waals surface area contributed by atoms with Crippen LogP contribution in [0.4, 0.5) is 0 Å². The molecule has 0 saturated heterocycles. The molecule has 2 heterocycles. The van der Waals surface area contributed by atoms with E-state index in [9.17, 15) is 14.4 Å². The molecule has 1 aromatic carbocycles. The van der Waals surface area contributed by atoms with E-state index in [1.54, 1.807) is 30.3 Å². The molecular formula is C18H18N4O3S. The second kappa shape index (κ2) is 7.49. The fraction of sp³-hybridized carbons (Fsp3) is 0.222. The first-order valence-corrected chi connectivity index (χ1v) is 9.00. The van der Waals surface area contributed by atoms with Gasteiger partial charge in [-0.25, -0.2) is 4.68 Å². The normalized spacial score (nSPS) is 10.7. The third-order valence-electron chi connectivity index (χ3n) is 3.77. The molecule has 2 N–H and O–H groups in total. The van der Waals surface area contributed by atoms with Crippen molar-refractivity contribution < 1.29 is 9.59 Å². The summed E-state index contributed by atoms with van der Waals surface area (Å²) in [5, 5.41) is 5.05. The van der Waals surface area contributed by atoms with Crippen LogP contribution in [-0.4, -0.2) is 21.6 Å². The van der Waals surface area contributed by atoms with Gasteiger partial charge < -0.3 is 0 Å². The fourth-order valence-electron chi connectivity index (χ4n) is 2.56. The summed E-state index contributed by atoms with van der Waals surface area (Å²) in [4.78, 5) is 38.6. The van der Waals surface area contributed by atoms with Crippen molar-refractivity contribution >= 4 is 33.9 Å². The molecular weight excluding hydrogens is 352 g/mol. The zero-order chi connectivity index (χ0) is 18.7. The molecule has 0 fully saturated rings. The average Bonchev–Trinajstić information content (AvgIpc) is 3.08. The quantitative estimate of drug-likeness (QED) is 0.689. The van der Waals surface area contributed by atoms with Gasteiger partial charge in [0.1, 0.15) is 0 Å². The summed E-state index contributed by atoms with van der Waals surface area (Å²) in [6.07, 6.45) is 0.709. The lowest BCUT2D eigenvalue weighted by Gasteiger charge is -2.11. The summed E-state index contributed by atoms with van der Waals surface area (Å²) in [5.74, 6) is -0.977. The topological polar surface area (TPSA) is 93.1 Å². The lowest BCUT2D eigenvalue weighted by Crippen LogP contribution is -2.42. The van der Waals surface area contributed by atoms with E-state index in [1.165, 1.54) is 16.0 Å². The van der Waals surface area contributed by atoms with Crippen molar-refractivity contribution in [3.05, 3.63) is 62.2 Å². The molecule has 3 aromatic rings. The largest absolute Gasteiger partial charge is 0.290 e. The van der Waals surface area contributed by atoms with Crippen LogP contribution in [0.2, 0.25) is 0 Å². The number of nitrogens with zero attached hydrogens (tertiary/aromatic N) is 2. The number of rotatable bonds is 4. The van der Waals surface area contributed by atoms with Crippen molar-refractivity contribution in [3.63, 3.8) is 0 Å². The van der Waals surface area contributed by atoms with Crippen LogP contribution in [-0.2, 0) is 6.54 Å². The minimum Gasteiger partial charge on any atom is -0.267 e. The molecule has 3 rings (SSSR count). The SMILES string of the molecule is CCCn1nc(C(=O)NNC(=O)c2ccc(C)s2)c2ccccc2c1=O. The average molecular weight is 370 g/mol. The molecule has 0 unspecified atom stereocenters. The molecule has 0 atom stereocenters. The molecule has 0 saturated carbocycles. The minimum atomic E-state index is -0.576. The minimum absolute atomic E-state index is 0.0938. The van der Waals surface area contributed by atoms with E-state index in [2.05, 4.69) is 16.0 Å². The van der Waals surface area contributed by atoms with Gasteiger partial charge in [0.15, 0.2) is 5.69 Å². The van der Waals surface area contributed by atoms with Gasteiger partial charge in [0.2, 0.25) is 0 Å². The summed E-state index contributed by atoms with van der Waals surface area (Å²) in [6, 6.07) is 10.3. The van der Waals surface area contributed by atoms with Crippen molar-refractivity contribution in [3.8, 4) is 0 Å². The first-order valence-electron chi connectivity index (χ1n) is 8.18. The molecule has 0 radical (unpaired) electrons. The molecule has 7 nitrogen and oxygen atoms in total. The van der Waals surface area contributed by atoms with E-state index in [0.717, 1.165) is 4.88 Å². The number of hydrogen-bond acceptors (Lipinski definition) is 5. The number of benzene rings is 1. The Bertz CT molecular complexity index is 1040. The van der Waals surface area contributed by atoms with Crippen LogP contribution >= 0.6 is 11.3 Å². The number of hydrogen-bond donors (Lipinski definition) is 2. The van der Waals surface area contributed by atoms with Gasteiger partial charge in [0.25, 0.3) is 17.4 Å². The zero-order valence-electron chi connectivity index (χ0n) is 14.4. The molecule has 0 spiro atoms. The van der Waals surface area contributed by atoms with Crippen LogP contribution in [0.3, 0.4) is 0 Å². The molecule has 134 valence electrons. The number of hydrazine groups is 1. The number of thiophene rings is 1. The van der Waals surface area contributed by atoms with Crippen LogP contribution in [0.15, 0.2) is 41.2 Å². The highest BCUT2D eigenvalue weighted by Crippen LogP contribution is 2.15. The highest BCUT2D eigenvalue weighted by molar-refractivity contribution is 7.13. The second-order valence-corrected chi connectivity index (χ2v) is 7.03. The van der Waals surface area contributed by atoms with Gasteiger partial charge in [-0.1, -0.05) is 25.1 Å². The number of aryl methyl sites for hydroxylation is 2. The van der Waals surface area contributed by atoms with Gasteiger partial charge in [0.05, 0.1) is 10.3 Å².